The third-order valence-corrected chi connectivity index (χ3v) is 5.29. The Hall–Kier alpha value is -1.32. The third-order valence-electron chi connectivity index (χ3n) is 5.29. The van der Waals surface area contributed by atoms with Gasteiger partial charge in [0.1, 0.15) is 0 Å². The molecule has 2 rings (SSSR count). The topological polar surface area (TPSA) is 74.6 Å². The van der Waals surface area contributed by atoms with Crippen molar-refractivity contribution in [2.75, 3.05) is 0 Å². The third kappa shape index (κ3) is 2.07. The molecule has 0 bridgehead atoms. The minimum absolute atomic E-state index is 0.331. The molecule has 0 aliphatic heterocycles. The summed E-state index contributed by atoms with van der Waals surface area (Å²) in [7, 11) is 0. The highest BCUT2D eigenvalue weighted by Gasteiger charge is 2.60. The number of rotatable bonds is 3. The van der Waals surface area contributed by atoms with Crippen molar-refractivity contribution in [1.29, 1.82) is 0 Å². The molecule has 2 aliphatic rings. The largest absolute Gasteiger partial charge is 0.481 e. The first-order chi connectivity index (χ1) is 8.94. The standard InChI is InChI=1S/C15H22O4/c1-14(8-4-2-5-9-14)15(13(18)19)10-6-3-7-11(15)12(16)17/h3,6,11H,2,4-5,7-10H2,1H3,(H,16,17)(H,18,19). The Morgan fingerprint density at radius 1 is 1.11 bits per heavy atom. The number of hydrogen-bond acceptors (Lipinski definition) is 2. The Kier molecular flexibility index (Phi) is 3.70. The Balaban J connectivity index is 2.49. The molecule has 2 unspecified atom stereocenters. The van der Waals surface area contributed by atoms with E-state index in [1.54, 1.807) is 0 Å². The first-order valence-electron chi connectivity index (χ1n) is 7.05. The summed E-state index contributed by atoms with van der Waals surface area (Å²) in [5.74, 6) is -2.72. The number of hydrogen-bond donors (Lipinski definition) is 2. The fourth-order valence-electron chi connectivity index (χ4n) is 4.10. The molecule has 19 heavy (non-hydrogen) atoms. The van der Waals surface area contributed by atoms with Gasteiger partial charge in [0.2, 0.25) is 0 Å². The van der Waals surface area contributed by atoms with E-state index in [1.165, 1.54) is 0 Å². The van der Waals surface area contributed by atoms with E-state index < -0.39 is 28.7 Å². The van der Waals surface area contributed by atoms with Crippen LogP contribution in [0.15, 0.2) is 12.2 Å². The zero-order chi connectivity index (χ0) is 14.1. The van der Waals surface area contributed by atoms with Crippen molar-refractivity contribution in [2.24, 2.45) is 16.7 Å². The average molecular weight is 266 g/mol. The van der Waals surface area contributed by atoms with Crippen LogP contribution in [-0.2, 0) is 9.59 Å². The van der Waals surface area contributed by atoms with Crippen molar-refractivity contribution >= 4 is 11.9 Å². The van der Waals surface area contributed by atoms with Crippen LogP contribution in [0.4, 0.5) is 0 Å². The van der Waals surface area contributed by atoms with Gasteiger partial charge in [0.15, 0.2) is 0 Å². The summed E-state index contributed by atoms with van der Waals surface area (Å²) in [6, 6.07) is 0. The van der Waals surface area contributed by atoms with Crippen LogP contribution in [0.5, 0.6) is 0 Å². The highest BCUT2D eigenvalue weighted by atomic mass is 16.4. The summed E-state index contributed by atoms with van der Waals surface area (Å²) < 4.78 is 0. The molecule has 1 fully saturated rings. The molecule has 2 aliphatic carbocycles. The van der Waals surface area contributed by atoms with E-state index in [0.717, 1.165) is 32.1 Å². The second-order valence-electron chi connectivity index (χ2n) is 6.20. The van der Waals surface area contributed by atoms with Crippen LogP contribution in [-0.4, -0.2) is 22.2 Å². The van der Waals surface area contributed by atoms with E-state index in [1.807, 2.05) is 19.1 Å². The summed E-state index contributed by atoms with van der Waals surface area (Å²) in [6.07, 6.45) is 9.10. The lowest BCUT2D eigenvalue weighted by Gasteiger charge is -2.51. The first-order valence-corrected chi connectivity index (χ1v) is 7.05. The van der Waals surface area contributed by atoms with Crippen LogP contribution >= 0.6 is 0 Å². The molecule has 0 heterocycles. The van der Waals surface area contributed by atoms with E-state index in [2.05, 4.69) is 0 Å². The molecule has 1 saturated carbocycles. The minimum atomic E-state index is -1.14. The summed E-state index contributed by atoms with van der Waals surface area (Å²) in [6.45, 7) is 1.98. The molecule has 0 aromatic heterocycles. The highest BCUT2D eigenvalue weighted by molar-refractivity contribution is 5.85. The van der Waals surface area contributed by atoms with E-state index in [-0.39, 0.29) is 0 Å². The maximum atomic E-state index is 12.0. The van der Waals surface area contributed by atoms with Crippen molar-refractivity contribution in [3.63, 3.8) is 0 Å². The number of carboxylic acids is 2. The quantitative estimate of drug-likeness (QED) is 0.770. The lowest BCUT2D eigenvalue weighted by Crippen LogP contribution is -2.55. The monoisotopic (exact) mass is 266 g/mol. The molecule has 0 aromatic rings. The zero-order valence-corrected chi connectivity index (χ0v) is 11.4. The second-order valence-corrected chi connectivity index (χ2v) is 6.20. The van der Waals surface area contributed by atoms with Gasteiger partial charge in [-0.15, -0.1) is 0 Å². The van der Waals surface area contributed by atoms with Gasteiger partial charge in [-0.3, -0.25) is 9.59 Å². The molecule has 0 aromatic carbocycles. The first kappa shape index (κ1) is 14.1. The molecule has 0 saturated heterocycles. The van der Waals surface area contributed by atoms with Crippen molar-refractivity contribution < 1.29 is 19.8 Å². The van der Waals surface area contributed by atoms with Crippen LogP contribution < -0.4 is 0 Å². The number of allylic oxidation sites excluding steroid dienone is 2. The maximum Gasteiger partial charge on any atom is 0.311 e. The van der Waals surface area contributed by atoms with Gasteiger partial charge in [0, 0.05) is 0 Å². The molecule has 2 N–H and O–H groups in total. The molecule has 106 valence electrons. The molecule has 0 spiro atoms. The van der Waals surface area contributed by atoms with Gasteiger partial charge in [-0.05, 0) is 31.1 Å². The van der Waals surface area contributed by atoms with Crippen LogP contribution in [0, 0.1) is 16.7 Å². The van der Waals surface area contributed by atoms with Gasteiger partial charge in [-0.1, -0.05) is 38.3 Å². The normalized spacial score (nSPS) is 33.8. The smallest absolute Gasteiger partial charge is 0.311 e. The van der Waals surface area contributed by atoms with Crippen molar-refractivity contribution in [2.45, 2.75) is 51.9 Å². The van der Waals surface area contributed by atoms with Crippen molar-refractivity contribution in [1.82, 2.24) is 0 Å². The lowest BCUT2D eigenvalue weighted by molar-refractivity contribution is -0.177. The Labute approximate surface area is 113 Å². The van der Waals surface area contributed by atoms with Gasteiger partial charge in [0.25, 0.3) is 0 Å². The van der Waals surface area contributed by atoms with Gasteiger partial charge in [0.05, 0.1) is 11.3 Å². The Morgan fingerprint density at radius 2 is 1.74 bits per heavy atom. The summed E-state index contributed by atoms with van der Waals surface area (Å²) >= 11 is 0. The zero-order valence-electron chi connectivity index (χ0n) is 11.4. The van der Waals surface area contributed by atoms with Crippen LogP contribution in [0.3, 0.4) is 0 Å². The van der Waals surface area contributed by atoms with E-state index >= 15 is 0 Å². The van der Waals surface area contributed by atoms with Gasteiger partial charge in [-0.25, -0.2) is 0 Å². The summed E-state index contributed by atoms with van der Waals surface area (Å²) in [5.41, 5.74) is -1.56. The Bertz CT molecular complexity index is 406. The molecular weight excluding hydrogens is 244 g/mol. The predicted molar refractivity (Wildman–Crippen MR) is 70.8 cm³/mol. The SMILES string of the molecule is CC1(C2(C(=O)O)CC=CCC2C(=O)O)CCCCC1. The maximum absolute atomic E-state index is 12.0. The van der Waals surface area contributed by atoms with Gasteiger partial charge in [-0.2, -0.15) is 0 Å². The number of aliphatic carboxylic acids is 2. The summed E-state index contributed by atoms with van der Waals surface area (Å²) in [5, 5.41) is 19.3. The van der Waals surface area contributed by atoms with Crippen molar-refractivity contribution in [3.05, 3.63) is 12.2 Å². The number of carbonyl (C=O) groups is 2. The molecule has 4 heteroatoms. The predicted octanol–water partition coefficient (Wildman–Crippen LogP) is 3.08. The number of carboxylic acid groups (broad SMARTS) is 2. The fourth-order valence-corrected chi connectivity index (χ4v) is 4.10. The molecular formula is C15H22O4. The van der Waals surface area contributed by atoms with E-state index in [9.17, 15) is 19.8 Å². The van der Waals surface area contributed by atoms with E-state index in [4.69, 9.17) is 0 Å². The average Bonchev–Trinajstić information content (AvgIpc) is 2.39. The van der Waals surface area contributed by atoms with Crippen LogP contribution in [0.25, 0.3) is 0 Å². The lowest BCUT2D eigenvalue weighted by atomic mass is 9.50. The minimum Gasteiger partial charge on any atom is -0.481 e. The Morgan fingerprint density at radius 3 is 2.26 bits per heavy atom. The summed E-state index contributed by atoms with van der Waals surface area (Å²) in [4.78, 5) is 23.6. The van der Waals surface area contributed by atoms with E-state index in [0.29, 0.717) is 12.8 Å². The van der Waals surface area contributed by atoms with Crippen molar-refractivity contribution in [3.8, 4) is 0 Å². The highest BCUT2D eigenvalue weighted by Crippen LogP contribution is 2.58. The fraction of sp³-hybridized carbons (Fsp3) is 0.733. The van der Waals surface area contributed by atoms with Crippen LogP contribution in [0.1, 0.15) is 51.9 Å². The second kappa shape index (κ2) is 4.99. The molecule has 2 atom stereocenters. The molecule has 0 amide bonds. The van der Waals surface area contributed by atoms with Gasteiger partial charge < -0.3 is 10.2 Å². The van der Waals surface area contributed by atoms with Crippen LogP contribution in [0.2, 0.25) is 0 Å². The van der Waals surface area contributed by atoms with Gasteiger partial charge >= 0.3 is 11.9 Å². The molecule has 0 radical (unpaired) electrons. The molecule has 4 nitrogen and oxygen atoms in total.